The second kappa shape index (κ2) is 9.72. The molecular weight excluding hydrogens is 486 g/mol. The molecule has 0 bridgehead atoms. The number of aliphatic hydroxyl groups is 1. The van der Waals surface area contributed by atoms with E-state index in [2.05, 4.69) is 15.6 Å². The van der Waals surface area contributed by atoms with E-state index in [0.717, 1.165) is 50.8 Å². The van der Waals surface area contributed by atoms with E-state index in [4.69, 9.17) is 5.10 Å². The maximum Gasteiger partial charge on any atom is 0.251 e. The number of fused-ring (bicyclic) bond motifs is 1. The molecule has 1 aliphatic rings. The molecule has 1 amide bonds. The van der Waals surface area contributed by atoms with Gasteiger partial charge < -0.3 is 20.8 Å². The fourth-order valence-electron chi connectivity index (χ4n) is 4.02. The van der Waals surface area contributed by atoms with Gasteiger partial charge in [-0.2, -0.15) is 5.10 Å². The van der Waals surface area contributed by atoms with Crippen LogP contribution >= 0.6 is 11.8 Å². The Kier molecular flexibility index (Phi) is 6.59. The van der Waals surface area contributed by atoms with Gasteiger partial charge >= 0.3 is 0 Å². The van der Waals surface area contributed by atoms with E-state index in [1.165, 1.54) is 11.8 Å². The molecule has 1 fully saturated rings. The molecule has 1 saturated carbocycles. The van der Waals surface area contributed by atoms with E-state index in [0.29, 0.717) is 23.8 Å². The van der Waals surface area contributed by atoms with Crippen molar-refractivity contribution >= 4 is 29.0 Å². The molecule has 2 aromatic carbocycles. The molecular formula is C28H31N5O3S. The van der Waals surface area contributed by atoms with Crippen LogP contribution in [-0.4, -0.2) is 48.9 Å². The predicted molar refractivity (Wildman–Crippen MR) is 145 cm³/mol. The summed E-state index contributed by atoms with van der Waals surface area (Å²) in [5.41, 5.74) is 4.51. The van der Waals surface area contributed by atoms with Crippen molar-refractivity contribution in [2.75, 3.05) is 11.9 Å². The maximum absolute atomic E-state index is 12.6. The Morgan fingerprint density at radius 2 is 1.92 bits per heavy atom. The van der Waals surface area contributed by atoms with Crippen molar-refractivity contribution in [1.29, 1.82) is 0 Å². The summed E-state index contributed by atoms with van der Waals surface area (Å²) >= 11 is 1.47. The maximum atomic E-state index is 12.6. The van der Waals surface area contributed by atoms with Gasteiger partial charge in [-0.15, -0.1) is 0 Å². The molecule has 0 unspecified atom stereocenters. The Balaban J connectivity index is 1.54. The molecule has 8 nitrogen and oxygen atoms in total. The average molecular weight is 518 g/mol. The summed E-state index contributed by atoms with van der Waals surface area (Å²) in [5, 5.41) is 32.2. The van der Waals surface area contributed by atoms with Gasteiger partial charge in [-0.25, -0.2) is 9.50 Å². The summed E-state index contributed by atoms with van der Waals surface area (Å²) in [5.74, 6) is 0.214. The fraction of sp³-hybridized carbons (Fsp3) is 0.321. The number of anilines is 1. The SMILES string of the molecule is Cc1cc(Sc2cc(NCC(C)(C)O)c3ncc(-c4ccc(C(=O)NC5CC5)c(C)c4)n3n2)ccc1O. The molecule has 2 heterocycles. The number of benzene rings is 2. The number of carbonyl (C=O) groups is 1. The molecule has 0 radical (unpaired) electrons. The van der Waals surface area contributed by atoms with Crippen LogP contribution < -0.4 is 10.6 Å². The zero-order chi connectivity index (χ0) is 26.3. The highest BCUT2D eigenvalue weighted by atomic mass is 32.2. The number of aromatic hydroxyl groups is 1. The third-order valence-corrected chi connectivity index (χ3v) is 7.12. The molecule has 4 N–H and O–H groups in total. The lowest BCUT2D eigenvalue weighted by Crippen LogP contribution is -2.29. The third kappa shape index (κ3) is 5.73. The highest BCUT2D eigenvalue weighted by Crippen LogP contribution is 2.34. The number of carbonyl (C=O) groups excluding carboxylic acids is 1. The van der Waals surface area contributed by atoms with Gasteiger partial charge in [0.1, 0.15) is 10.8 Å². The summed E-state index contributed by atoms with van der Waals surface area (Å²) in [4.78, 5) is 18.2. The van der Waals surface area contributed by atoms with Gasteiger partial charge in [0.2, 0.25) is 0 Å². The van der Waals surface area contributed by atoms with Crippen LogP contribution in [0, 0.1) is 13.8 Å². The first-order valence-corrected chi connectivity index (χ1v) is 13.1. The molecule has 192 valence electrons. The summed E-state index contributed by atoms with van der Waals surface area (Å²) in [7, 11) is 0. The molecule has 4 aromatic rings. The van der Waals surface area contributed by atoms with E-state index < -0.39 is 5.60 Å². The fourth-order valence-corrected chi connectivity index (χ4v) is 4.93. The molecule has 0 atom stereocenters. The number of aryl methyl sites for hydroxylation is 2. The van der Waals surface area contributed by atoms with Gasteiger partial charge in [-0.3, -0.25) is 4.79 Å². The third-order valence-electron chi connectivity index (χ3n) is 6.23. The lowest BCUT2D eigenvalue weighted by Gasteiger charge is -2.19. The lowest BCUT2D eigenvalue weighted by atomic mass is 10.0. The smallest absolute Gasteiger partial charge is 0.251 e. The Morgan fingerprint density at radius 1 is 1.14 bits per heavy atom. The first-order chi connectivity index (χ1) is 17.6. The number of rotatable bonds is 8. The molecule has 37 heavy (non-hydrogen) atoms. The highest BCUT2D eigenvalue weighted by Gasteiger charge is 2.25. The Hall–Kier alpha value is -3.56. The first-order valence-electron chi connectivity index (χ1n) is 12.3. The van der Waals surface area contributed by atoms with Gasteiger partial charge in [0, 0.05) is 28.6 Å². The van der Waals surface area contributed by atoms with Crippen molar-refractivity contribution in [2.24, 2.45) is 0 Å². The largest absolute Gasteiger partial charge is 0.508 e. The van der Waals surface area contributed by atoms with Crippen LogP contribution in [0.25, 0.3) is 16.9 Å². The van der Waals surface area contributed by atoms with Crippen molar-refractivity contribution < 1.29 is 15.0 Å². The van der Waals surface area contributed by atoms with Crippen molar-refractivity contribution in [3.8, 4) is 17.0 Å². The molecule has 0 spiro atoms. The molecule has 0 saturated heterocycles. The molecule has 0 aliphatic heterocycles. The van der Waals surface area contributed by atoms with Crippen molar-refractivity contribution in [3.63, 3.8) is 0 Å². The molecule has 1 aliphatic carbocycles. The van der Waals surface area contributed by atoms with E-state index in [1.807, 2.05) is 50.2 Å². The number of imidazole rings is 1. The number of hydrogen-bond acceptors (Lipinski definition) is 7. The number of amides is 1. The number of aromatic nitrogens is 3. The number of phenolic OH excluding ortho intramolecular Hbond substituents is 1. The normalized spacial score (nSPS) is 13.6. The second-order valence-corrected chi connectivity index (χ2v) is 11.4. The number of phenols is 1. The van der Waals surface area contributed by atoms with Crippen molar-refractivity contribution in [2.45, 2.75) is 62.1 Å². The molecule has 5 rings (SSSR count). The quantitative estimate of drug-likeness (QED) is 0.262. The van der Waals surface area contributed by atoms with Crippen LogP contribution in [-0.2, 0) is 0 Å². The summed E-state index contributed by atoms with van der Waals surface area (Å²) in [6.07, 6.45) is 3.87. The monoisotopic (exact) mass is 517 g/mol. The molecule has 9 heteroatoms. The highest BCUT2D eigenvalue weighted by molar-refractivity contribution is 7.99. The number of nitrogens with one attached hydrogen (secondary N) is 2. The Labute approximate surface area is 220 Å². The minimum Gasteiger partial charge on any atom is -0.508 e. The summed E-state index contributed by atoms with van der Waals surface area (Å²) in [6.45, 7) is 7.62. The second-order valence-electron chi connectivity index (χ2n) is 10.3. The minimum atomic E-state index is -0.912. The van der Waals surface area contributed by atoms with Gasteiger partial charge in [-0.1, -0.05) is 17.8 Å². The van der Waals surface area contributed by atoms with Gasteiger partial charge in [-0.05, 0) is 88.1 Å². The standard InChI is InChI=1S/C28H31N5O3S/c1-16-11-18(5-9-21(16)27(35)31-19-6-7-19)23-14-29-26-22(30-15-28(3,4)36)13-25(32-33(23)26)37-20-8-10-24(34)17(2)12-20/h5,8-14,19,30,34,36H,6-7,15H2,1-4H3,(H,31,35). The van der Waals surface area contributed by atoms with E-state index >= 15 is 0 Å². The zero-order valence-corrected chi connectivity index (χ0v) is 22.2. The van der Waals surface area contributed by atoms with Gasteiger partial charge in [0.05, 0.1) is 23.2 Å². The van der Waals surface area contributed by atoms with Crippen LogP contribution in [0.5, 0.6) is 5.75 Å². The zero-order valence-electron chi connectivity index (χ0n) is 21.4. The van der Waals surface area contributed by atoms with Gasteiger partial charge in [0.25, 0.3) is 5.91 Å². The van der Waals surface area contributed by atoms with E-state index in [-0.39, 0.29) is 11.7 Å². The summed E-state index contributed by atoms with van der Waals surface area (Å²) < 4.78 is 1.79. The number of nitrogens with zero attached hydrogens (tertiary/aromatic N) is 3. The van der Waals surface area contributed by atoms with Crippen LogP contribution in [0.3, 0.4) is 0 Å². The number of hydrogen-bond donors (Lipinski definition) is 4. The topological polar surface area (TPSA) is 112 Å². The predicted octanol–water partition coefficient (Wildman–Crippen LogP) is 4.94. The van der Waals surface area contributed by atoms with E-state index in [9.17, 15) is 15.0 Å². The van der Waals surface area contributed by atoms with Crippen LogP contribution in [0.15, 0.2) is 58.6 Å². The lowest BCUT2D eigenvalue weighted by molar-refractivity contribution is 0.0940. The van der Waals surface area contributed by atoms with Crippen LogP contribution in [0.4, 0.5) is 5.69 Å². The first kappa shape index (κ1) is 25.1. The minimum absolute atomic E-state index is 0.0381. The van der Waals surface area contributed by atoms with Crippen molar-refractivity contribution in [1.82, 2.24) is 19.9 Å². The summed E-state index contributed by atoms with van der Waals surface area (Å²) in [6, 6.07) is 13.4. The average Bonchev–Trinajstić information content (AvgIpc) is 3.54. The van der Waals surface area contributed by atoms with Crippen LogP contribution in [0.2, 0.25) is 0 Å². The van der Waals surface area contributed by atoms with E-state index in [1.54, 1.807) is 30.6 Å². The van der Waals surface area contributed by atoms with Gasteiger partial charge in [0.15, 0.2) is 5.65 Å². The Morgan fingerprint density at radius 3 is 2.59 bits per heavy atom. The Bertz CT molecular complexity index is 1490. The van der Waals surface area contributed by atoms with Crippen molar-refractivity contribution in [3.05, 3.63) is 65.4 Å². The van der Waals surface area contributed by atoms with Crippen LogP contribution in [0.1, 0.15) is 48.2 Å². The molecule has 2 aromatic heterocycles.